The third kappa shape index (κ3) is 4.31. The fraction of sp³-hybridized carbons (Fsp3) is 0.182. The first-order chi connectivity index (χ1) is 9.32. The van der Waals surface area contributed by atoms with Crippen molar-refractivity contribution in [2.75, 3.05) is 0 Å². The molecule has 8 nitrogen and oxygen atoms in total. The van der Waals surface area contributed by atoms with Crippen molar-refractivity contribution in [1.82, 2.24) is 4.98 Å². The molecule has 0 spiro atoms. The Kier molecular flexibility index (Phi) is 5.65. The van der Waals surface area contributed by atoms with Crippen molar-refractivity contribution in [2.24, 2.45) is 5.73 Å². The van der Waals surface area contributed by atoms with Crippen LogP contribution in [0.2, 0.25) is 0 Å². The Hall–Kier alpha value is -1.94. The lowest BCUT2D eigenvalue weighted by atomic mass is 10.1. The van der Waals surface area contributed by atoms with Crippen LogP contribution in [0.1, 0.15) is 5.56 Å². The molecule has 0 aliphatic rings. The third-order valence-electron chi connectivity index (χ3n) is 2.53. The number of aromatic hydroxyl groups is 1. The number of benzene rings is 1. The van der Waals surface area contributed by atoms with Crippen molar-refractivity contribution in [1.29, 1.82) is 0 Å². The number of nitrogens with two attached hydrogens (primary N) is 1. The number of carboxylic acids is 1. The number of rotatable bonds is 3. The van der Waals surface area contributed by atoms with Crippen molar-refractivity contribution in [3.8, 4) is 5.88 Å². The van der Waals surface area contributed by atoms with Crippen LogP contribution in [0.5, 0.6) is 5.88 Å². The van der Waals surface area contributed by atoms with E-state index >= 15 is 0 Å². The zero-order chi connectivity index (χ0) is 15.3. The van der Waals surface area contributed by atoms with Crippen molar-refractivity contribution in [3.63, 3.8) is 0 Å². The van der Waals surface area contributed by atoms with Crippen LogP contribution in [0.25, 0.3) is 10.9 Å². The molecule has 0 amide bonds. The van der Waals surface area contributed by atoms with E-state index in [0.29, 0.717) is 5.56 Å². The summed E-state index contributed by atoms with van der Waals surface area (Å²) in [4.78, 5) is 13.4. The summed E-state index contributed by atoms with van der Waals surface area (Å²) in [6.07, 6.45) is 0.102. The van der Waals surface area contributed by atoms with E-state index in [1.54, 1.807) is 0 Å². The molecule has 20 heavy (non-hydrogen) atoms. The second kappa shape index (κ2) is 7.01. The van der Waals surface area contributed by atoms with Crippen LogP contribution >= 0.6 is 0 Å². The van der Waals surface area contributed by atoms with Gasteiger partial charge in [-0.15, -0.1) is 0 Å². The molecule has 1 atom stereocenters. The lowest BCUT2D eigenvalue weighted by Crippen LogP contribution is -2.32. The lowest BCUT2D eigenvalue weighted by Gasteiger charge is -2.05. The summed E-state index contributed by atoms with van der Waals surface area (Å²) in [6, 6.07) is 6.27. The first-order valence-electron chi connectivity index (χ1n) is 5.39. The van der Waals surface area contributed by atoms with Crippen LogP contribution in [0.4, 0.5) is 0 Å². The van der Waals surface area contributed by atoms with Gasteiger partial charge in [0.2, 0.25) is 0 Å². The minimum atomic E-state index is -2.61. The van der Waals surface area contributed by atoms with Crippen molar-refractivity contribution in [3.05, 3.63) is 29.8 Å². The third-order valence-corrected chi connectivity index (χ3v) is 2.53. The van der Waals surface area contributed by atoms with Gasteiger partial charge in [0.05, 0.1) is 0 Å². The topological polar surface area (TPSA) is 157 Å². The Labute approximate surface area is 116 Å². The first-order valence-corrected chi connectivity index (χ1v) is 6.46. The standard InChI is InChI=1S/C11H12N2O3.H2O3S/c12-8(11(15)16)5-7-6-3-1-2-4-9(6)13-10(7)14;1-4(2)3/h1-4,8,13-14H,5,12H2,(H,15,16);(H2,1,2,3)/t8-;/m0./s1. The molecule has 7 N–H and O–H groups in total. The van der Waals surface area contributed by atoms with Gasteiger partial charge in [-0.25, -0.2) is 0 Å². The highest BCUT2D eigenvalue weighted by Gasteiger charge is 2.18. The largest absolute Gasteiger partial charge is 0.494 e. The molecule has 0 bridgehead atoms. The molecular weight excluding hydrogens is 288 g/mol. The average molecular weight is 302 g/mol. The molecular formula is C11H14N2O6S. The lowest BCUT2D eigenvalue weighted by molar-refractivity contribution is -0.138. The van der Waals surface area contributed by atoms with Gasteiger partial charge in [-0.2, -0.15) is 4.21 Å². The number of aromatic nitrogens is 1. The summed E-state index contributed by atoms with van der Waals surface area (Å²) in [5.41, 5.74) is 6.76. The zero-order valence-corrected chi connectivity index (χ0v) is 11.0. The predicted octanol–water partition coefficient (Wildman–Crippen LogP) is 0.509. The molecule has 1 aromatic heterocycles. The van der Waals surface area contributed by atoms with Gasteiger partial charge >= 0.3 is 5.97 Å². The van der Waals surface area contributed by atoms with E-state index in [-0.39, 0.29) is 12.3 Å². The minimum Gasteiger partial charge on any atom is -0.494 e. The van der Waals surface area contributed by atoms with Crippen LogP contribution in [-0.2, 0) is 22.6 Å². The molecule has 2 aromatic rings. The van der Waals surface area contributed by atoms with Gasteiger partial charge in [-0.3, -0.25) is 13.9 Å². The number of carbonyl (C=O) groups is 1. The molecule has 0 fully saturated rings. The maximum atomic E-state index is 10.7. The molecule has 0 saturated heterocycles. The Morgan fingerprint density at radius 1 is 1.35 bits per heavy atom. The fourth-order valence-corrected chi connectivity index (χ4v) is 1.70. The van der Waals surface area contributed by atoms with Crippen LogP contribution < -0.4 is 5.73 Å². The average Bonchev–Trinajstić information content (AvgIpc) is 2.65. The van der Waals surface area contributed by atoms with Gasteiger partial charge in [0.15, 0.2) is 5.88 Å². The predicted molar refractivity (Wildman–Crippen MR) is 72.7 cm³/mol. The fourth-order valence-electron chi connectivity index (χ4n) is 1.70. The Balaban J connectivity index is 0.000000444. The summed E-state index contributed by atoms with van der Waals surface area (Å²) in [5.74, 6) is -1.09. The van der Waals surface area contributed by atoms with Crippen LogP contribution in [0.3, 0.4) is 0 Å². The Morgan fingerprint density at radius 3 is 2.45 bits per heavy atom. The van der Waals surface area contributed by atoms with Gasteiger partial charge in [0, 0.05) is 22.9 Å². The molecule has 1 aromatic carbocycles. The second-order valence-electron chi connectivity index (χ2n) is 3.88. The highest BCUT2D eigenvalue weighted by Crippen LogP contribution is 2.27. The summed E-state index contributed by atoms with van der Waals surface area (Å²) < 4.78 is 22.8. The van der Waals surface area contributed by atoms with Crippen molar-refractivity contribution in [2.45, 2.75) is 12.5 Å². The quantitative estimate of drug-likeness (QED) is 0.451. The van der Waals surface area contributed by atoms with Crippen molar-refractivity contribution >= 4 is 28.2 Å². The summed E-state index contributed by atoms with van der Waals surface area (Å²) in [7, 11) is 0. The van der Waals surface area contributed by atoms with E-state index in [4.69, 9.17) is 24.2 Å². The van der Waals surface area contributed by atoms with E-state index in [1.807, 2.05) is 24.3 Å². The highest BCUT2D eigenvalue weighted by atomic mass is 32.2. The first kappa shape index (κ1) is 16.1. The highest BCUT2D eigenvalue weighted by molar-refractivity contribution is 7.73. The van der Waals surface area contributed by atoms with Crippen LogP contribution in [-0.4, -0.2) is 40.5 Å². The number of H-pyrrole nitrogens is 1. The van der Waals surface area contributed by atoms with Crippen LogP contribution in [0, 0.1) is 0 Å². The molecule has 2 rings (SSSR count). The van der Waals surface area contributed by atoms with E-state index in [1.165, 1.54) is 0 Å². The van der Waals surface area contributed by atoms with E-state index < -0.39 is 23.4 Å². The molecule has 0 radical (unpaired) electrons. The minimum absolute atomic E-state index is 0.0158. The number of hydrogen-bond acceptors (Lipinski definition) is 4. The SMILES string of the molecule is N[C@@H](Cc1c(O)[nH]c2ccccc12)C(=O)O.O=S(O)O. The Morgan fingerprint density at radius 2 is 1.90 bits per heavy atom. The van der Waals surface area contributed by atoms with Gasteiger partial charge in [0.1, 0.15) is 6.04 Å². The molecule has 0 aliphatic heterocycles. The van der Waals surface area contributed by atoms with Crippen LogP contribution in [0.15, 0.2) is 24.3 Å². The summed E-state index contributed by atoms with van der Waals surface area (Å²) in [6.45, 7) is 0. The number of hydrogen-bond donors (Lipinski definition) is 6. The zero-order valence-electron chi connectivity index (χ0n) is 10.2. The summed E-state index contributed by atoms with van der Waals surface area (Å²) in [5, 5.41) is 19.2. The molecule has 0 saturated carbocycles. The van der Waals surface area contributed by atoms with Gasteiger partial charge in [-0.05, 0) is 6.07 Å². The van der Waals surface area contributed by atoms with Gasteiger partial charge < -0.3 is 20.9 Å². The molecule has 110 valence electrons. The normalized spacial score (nSPS) is 12.0. The van der Waals surface area contributed by atoms with E-state index in [9.17, 15) is 9.90 Å². The number of fused-ring (bicyclic) bond motifs is 1. The number of carboxylic acid groups (broad SMARTS) is 1. The monoisotopic (exact) mass is 302 g/mol. The number of aliphatic carboxylic acids is 1. The smallest absolute Gasteiger partial charge is 0.320 e. The summed E-state index contributed by atoms with van der Waals surface area (Å²) >= 11 is -2.61. The number of para-hydroxylation sites is 1. The van der Waals surface area contributed by atoms with E-state index in [0.717, 1.165) is 10.9 Å². The molecule has 0 aliphatic carbocycles. The molecule has 9 heteroatoms. The molecule has 1 heterocycles. The van der Waals surface area contributed by atoms with Gasteiger partial charge in [-0.1, -0.05) is 18.2 Å². The molecule has 0 unspecified atom stereocenters. The van der Waals surface area contributed by atoms with Gasteiger partial charge in [0.25, 0.3) is 11.4 Å². The number of nitrogens with one attached hydrogen (secondary N) is 1. The Bertz CT molecular complexity index is 622. The second-order valence-corrected chi connectivity index (χ2v) is 4.34. The van der Waals surface area contributed by atoms with E-state index in [2.05, 4.69) is 4.98 Å². The van der Waals surface area contributed by atoms with Crippen molar-refractivity contribution < 1.29 is 28.3 Å². The number of aromatic amines is 1. The maximum Gasteiger partial charge on any atom is 0.320 e. The maximum absolute atomic E-state index is 10.7.